The van der Waals surface area contributed by atoms with Crippen LogP contribution >= 0.6 is 0 Å². The lowest BCUT2D eigenvalue weighted by molar-refractivity contribution is -0.391. The molecule has 2 heterocycles. The molecule has 5 aliphatic carbocycles. The highest BCUT2D eigenvalue weighted by molar-refractivity contribution is 5.96. The van der Waals surface area contributed by atoms with E-state index in [1.165, 1.54) is 0 Å². The van der Waals surface area contributed by atoms with E-state index in [1.807, 2.05) is 6.08 Å². The third-order valence-corrected chi connectivity index (χ3v) is 14.6. The lowest BCUT2D eigenvalue weighted by Crippen LogP contribution is -2.74. The molecule has 11 unspecified atom stereocenters. The molecule has 7 nitrogen and oxygen atoms in total. The summed E-state index contributed by atoms with van der Waals surface area (Å²) in [7, 11) is 0. The number of carboxylic acid groups (broad SMARTS) is 1. The maximum absolute atomic E-state index is 14.6. The summed E-state index contributed by atoms with van der Waals surface area (Å²) >= 11 is 0. The number of esters is 1. The number of carbonyl (C=O) groups excluding carboxylic acids is 2. The van der Waals surface area contributed by atoms with Gasteiger partial charge in [0.05, 0.1) is 6.61 Å². The average Bonchev–Trinajstić information content (AvgIpc) is 2.92. The SMILES string of the molecule is CC=C(C)C(=O)OC1CC(C)C(C)C2C3=CC(=O)C4C56CCC(O)(OC5)C(C)(C)C6CCC4(C)C3(C)CCC12C(=O)O. The molecule has 2 saturated heterocycles. The molecule has 0 aromatic heterocycles. The fraction of sp³-hybridized carbons (Fsp3) is 0.800. The van der Waals surface area contributed by atoms with Gasteiger partial charge >= 0.3 is 11.9 Å². The van der Waals surface area contributed by atoms with E-state index in [1.54, 1.807) is 19.9 Å². The van der Waals surface area contributed by atoms with Crippen LogP contribution in [0.25, 0.3) is 0 Å². The molecule has 7 heteroatoms. The van der Waals surface area contributed by atoms with Gasteiger partial charge in [-0.25, -0.2) is 4.79 Å². The number of hydrogen-bond donors (Lipinski definition) is 2. The molecule has 2 aliphatic heterocycles. The molecule has 7 aliphatic rings. The first-order valence-corrected chi connectivity index (χ1v) is 16.2. The summed E-state index contributed by atoms with van der Waals surface area (Å²) in [6, 6.07) is 0. The maximum atomic E-state index is 14.6. The number of hydrogen-bond acceptors (Lipinski definition) is 6. The van der Waals surface area contributed by atoms with E-state index in [-0.39, 0.29) is 45.7 Å². The van der Waals surface area contributed by atoms with Crippen molar-refractivity contribution in [1.29, 1.82) is 0 Å². The first kappa shape index (κ1) is 30.1. The predicted molar refractivity (Wildman–Crippen MR) is 157 cm³/mol. The summed E-state index contributed by atoms with van der Waals surface area (Å²) < 4.78 is 12.3. The predicted octanol–water partition coefficient (Wildman–Crippen LogP) is 6.09. The lowest BCUT2D eigenvalue weighted by Gasteiger charge is -2.74. The van der Waals surface area contributed by atoms with Crippen molar-refractivity contribution in [3.8, 4) is 0 Å². The molecule has 0 amide bonds. The molecule has 4 saturated carbocycles. The second kappa shape index (κ2) is 9.03. The Morgan fingerprint density at radius 1 is 1.07 bits per heavy atom. The summed E-state index contributed by atoms with van der Waals surface area (Å²) in [6.45, 7) is 16.9. The second-order valence-corrected chi connectivity index (χ2v) is 16.1. The van der Waals surface area contributed by atoms with E-state index < -0.39 is 40.6 Å². The summed E-state index contributed by atoms with van der Waals surface area (Å²) in [4.78, 5) is 41.1. The van der Waals surface area contributed by atoms with Crippen molar-refractivity contribution in [2.75, 3.05) is 6.61 Å². The van der Waals surface area contributed by atoms with E-state index >= 15 is 0 Å². The third kappa shape index (κ3) is 3.33. The average molecular weight is 583 g/mol. The Morgan fingerprint density at radius 2 is 1.76 bits per heavy atom. The van der Waals surface area contributed by atoms with Crippen LogP contribution in [0.5, 0.6) is 0 Å². The molecule has 7 rings (SSSR count). The first-order valence-electron chi connectivity index (χ1n) is 16.2. The van der Waals surface area contributed by atoms with Crippen LogP contribution in [0.1, 0.15) is 100 Å². The topological polar surface area (TPSA) is 110 Å². The van der Waals surface area contributed by atoms with Gasteiger partial charge in [0.15, 0.2) is 11.6 Å². The first-order chi connectivity index (χ1) is 19.5. The largest absolute Gasteiger partial charge is 0.481 e. The Balaban J connectivity index is 1.49. The van der Waals surface area contributed by atoms with Crippen LogP contribution in [-0.4, -0.2) is 46.4 Å². The summed E-state index contributed by atoms with van der Waals surface area (Å²) in [5, 5.41) is 22.4. The maximum Gasteiger partial charge on any atom is 0.333 e. The number of allylic oxidation sites excluding steroid dienone is 3. The van der Waals surface area contributed by atoms with E-state index in [2.05, 4.69) is 41.5 Å². The summed E-state index contributed by atoms with van der Waals surface area (Å²) in [6.07, 6.45) is 7.34. The van der Waals surface area contributed by atoms with Gasteiger partial charge in [0.25, 0.3) is 0 Å². The van der Waals surface area contributed by atoms with Crippen LogP contribution in [0.4, 0.5) is 0 Å². The number of rotatable bonds is 3. The summed E-state index contributed by atoms with van der Waals surface area (Å²) in [5.74, 6) is -2.82. The Labute approximate surface area is 250 Å². The Bertz CT molecular complexity index is 1280. The monoisotopic (exact) mass is 582 g/mol. The third-order valence-electron chi connectivity index (χ3n) is 14.6. The molecule has 2 bridgehead atoms. The molecule has 232 valence electrons. The zero-order valence-electron chi connectivity index (χ0n) is 26.7. The highest BCUT2D eigenvalue weighted by Gasteiger charge is 2.76. The molecular weight excluding hydrogens is 532 g/mol. The van der Waals surface area contributed by atoms with Crippen molar-refractivity contribution < 1.29 is 34.1 Å². The quantitative estimate of drug-likeness (QED) is 0.306. The molecule has 2 N–H and O–H groups in total. The normalized spacial score (nSPS) is 50.9. The zero-order valence-corrected chi connectivity index (χ0v) is 26.7. The Hall–Kier alpha value is -1.99. The van der Waals surface area contributed by atoms with E-state index in [4.69, 9.17) is 9.47 Å². The minimum Gasteiger partial charge on any atom is -0.481 e. The highest BCUT2D eigenvalue weighted by atomic mass is 16.6. The molecule has 0 aromatic carbocycles. The Kier molecular flexibility index (Phi) is 6.46. The van der Waals surface area contributed by atoms with Crippen molar-refractivity contribution in [1.82, 2.24) is 0 Å². The molecule has 0 radical (unpaired) electrons. The van der Waals surface area contributed by atoms with Crippen LogP contribution in [0.3, 0.4) is 0 Å². The van der Waals surface area contributed by atoms with Crippen LogP contribution in [-0.2, 0) is 23.9 Å². The number of carbonyl (C=O) groups is 3. The lowest BCUT2D eigenvalue weighted by atomic mass is 9.32. The molecular formula is C35H50O7. The number of ketones is 1. The van der Waals surface area contributed by atoms with Gasteiger partial charge in [-0.15, -0.1) is 0 Å². The standard InChI is InChI=1S/C35H50O7/c1-9-19(2)28(37)42-25-16-20(3)21(4)26-22-17-23(36)27-32(8,31(22,7)12-14-34(25,26)29(38)39)11-10-24-30(5,6)35(40)15-13-33(24,27)18-41-35/h9,17,20-21,24-27,40H,10-16,18H2,1-8H3,(H,38,39). The smallest absolute Gasteiger partial charge is 0.333 e. The van der Waals surface area contributed by atoms with Gasteiger partial charge in [0.1, 0.15) is 11.5 Å². The van der Waals surface area contributed by atoms with Gasteiger partial charge in [-0.2, -0.15) is 0 Å². The minimum atomic E-state index is -1.28. The molecule has 42 heavy (non-hydrogen) atoms. The summed E-state index contributed by atoms with van der Waals surface area (Å²) in [5.41, 5.74) is -1.43. The number of carboxylic acids is 1. The van der Waals surface area contributed by atoms with Crippen LogP contribution in [0.15, 0.2) is 23.3 Å². The van der Waals surface area contributed by atoms with Crippen LogP contribution in [0.2, 0.25) is 0 Å². The van der Waals surface area contributed by atoms with Gasteiger partial charge in [0, 0.05) is 34.7 Å². The van der Waals surface area contributed by atoms with Crippen molar-refractivity contribution in [2.45, 2.75) is 112 Å². The van der Waals surface area contributed by atoms with E-state index in [0.29, 0.717) is 37.9 Å². The molecule has 0 aromatic rings. The van der Waals surface area contributed by atoms with Crippen molar-refractivity contribution in [2.24, 2.45) is 56.7 Å². The van der Waals surface area contributed by atoms with E-state index in [9.17, 15) is 24.6 Å². The van der Waals surface area contributed by atoms with Gasteiger partial charge < -0.3 is 19.7 Å². The zero-order chi connectivity index (χ0) is 30.8. The van der Waals surface area contributed by atoms with Crippen LogP contribution < -0.4 is 0 Å². The Morgan fingerprint density at radius 3 is 2.36 bits per heavy atom. The number of aliphatic hydroxyl groups is 1. The fourth-order valence-electron chi connectivity index (χ4n) is 11.6. The van der Waals surface area contributed by atoms with Crippen molar-refractivity contribution in [3.63, 3.8) is 0 Å². The minimum absolute atomic E-state index is 0.00817. The van der Waals surface area contributed by atoms with Gasteiger partial charge in [-0.1, -0.05) is 53.2 Å². The molecule has 11 atom stereocenters. The van der Waals surface area contributed by atoms with E-state index in [0.717, 1.165) is 24.8 Å². The van der Waals surface area contributed by atoms with Crippen molar-refractivity contribution in [3.05, 3.63) is 23.3 Å². The second-order valence-electron chi connectivity index (χ2n) is 16.1. The number of fused-ring (bicyclic) bond motifs is 7. The highest BCUT2D eigenvalue weighted by Crippen LogP contribution is 2.77. The van der Waals surface area contributed by atoms with Crippen LogP contribution in [0, 0.1) is 56.7 Å². The molecule has 1 spiro atoms. The van der Waals surface area contributed by atoms with Gasteiger partial charge in [-0.3, -0.25) is 9.59 Å². The fourth-order valence-corrected chi connectivity index (χ4v) is 11.6. The van der Waals surface area contributed by atoms with Gasteiger partial charge in [0.2, 0.25) is 0 Å². The molecule has 6 fully saturated rings. The number of ether oxygens (including phenoxy) is 2. The van der Waals surface area contributed by atoms with Gasteiger partial charge in [-0.05, 0) is 87.0 Å². The number of aliphatic carboxylic acids is 1. The van der Waals surface area contributed by atoms with Crippen molar-refractivity contribution >= 4 is 17.7 Å².